The fourth-order valence-corrected chi connectivity index (χ4v) is 14.0. The van der Waals surface area contributed by atoms with E-state index < -0.39 is 23.1 Å². The van der Waals surface area contributed by atoms with Gasteiger partial charge in [0.05, 0.1) is 39.6 Å². The Morgan fingerprint density at radius 3 is 0.794 bits per heavy atom. The van der Waals surface area contributed by atoms with Crippen molar-refractivity contribution in [1.29, 1.82) is 0 Å². The Labute approximate surface area is 416 Å². The molecule has 0 spiro atoms. The van der Waals surface area contributed by atoms with Crippen molar-refractivity contribution >= 4 is 54.9 Å². The number of benzene rings is 4. The van der Waals surface area contributed by atoms with E-state index in [2.05, 4.69) is 165 Å². The van der Waals surface area contributed by atoms with Crippen LogP contribution >= 0.6 is 15.8 Å². The third-order valence-electron chi connectivity index (χ3n) is 10.6. The van der Waals surface area contributed by atoms with Crippen LogP contribution in [-0.2, 0) is 19.5 Å². The first-order valence-electron chi connectivity index (χ1n) is 22.2. The van der Waals surface area contributed by atoms with E-state index in [1.54, 1.807) is 28.4 Å². The average molecular weight is 1050 g/mol. The van der Waals surface area contributed by atoms with E-state index in [0.717, 1.165) is 21.7 Å². The second-order valence-electron chi connectivity index (χ2n) is 16.8. The average Bonchev–Trinajstić information content (AvgIpc) is 3.21. The van der Waals surface area contributed by atoms with Crippen LogP contribution in [0.4, 0.5) is 17.3 Å². The molecule has 7 rings (SSSR count). The summed E-state index contributed by atoms with van der Waals surface area (Å²) in [4.78, 5) is 9.93. The van der Waals surface area contributed by atoms with Gasteiger partial charge in [-0.1, -0.05) is 142 Å². The second kappa shape index (κ2) is 25.7. The number of nitrogens with zero attached hydrogens (tertiary/aromatic N) is 2. The Bertz CT molecular complexity index is 2350. The molecule has 0 N–H and O–H groups in total. The minimum atomic E-state index is -6.00. The predicted molar refractivity (Wildman–Crippen MR) is 276 cm³/mol. The summed E-state index contributed by atoms with van der Waals surface area (Å²) in [6.45, 7) is 17.3. The van der Waals surface area contributed by atoms with Crippen molar-refractivity contribution in [2.24, 2.45) is 0 Å². The van der Waals surface area contributed by atoms with Crippen LogP contribution < -0.4 is 50.8 Å². The molecule has 0 bridgehead atoms. The van der Waals surface area contributed by atoms with E-state index in [4.69, 9.17) is 28.9 Å². The topological polar surface area (TPSA) is 62.7 Å². The van der Waals surface area contributed by atoms with Crippen LogP contribution in [0.25, 0.3) is 11.1 Å². The molecule has 2 heterocycles. The van der Waals surface area contributed by atoms with Crippen LogP contribution in [0.3, 0.4) is 0 Å². The zero-order chi connectivity index (χ0) is 49.0. The van der Waals surface area contributed by atoms with Gasteiger partial charge in [0.15, 0.2) is 0 Å². The maximum absolute atomic E-state index is 9.75. The normalized spacial score (nSPS) is 13.1. The summed E-state index contributed by atoms with van der Waals surface area (Å²) in [5.41, 5.74) is 11.3. The van der Waals surface area contributed by atoms with Gasteiger partial charge in [0.25, 0.3) is 0 Å². The molecule has 6 nitrogen and oxygen atoms in total. The van der Waals surface area contributed by atoms with Crippen LogP contribution in [0, 0.1) is 55.4 Å². The summed E-state index contributed by atoms with van der Waals surface area (Å²) in [6, 6.07) is 31.5. The van der Waals surface area contributed by atoms with Gasteiger partial charge in [-0.25, -0.2) is 0 Å². The molecule has 0 aliphatic heterocycles. The Kier molecular flexibility index (Phi) is 21.0. The van der Waals surface area contributed by atoms with Gasteiger partial charge in [-0.05, 0) is 118 Å². The van der Waals surface area contributed by atoms with Gasteiger partial charge in [-0.3, -0.25) is 0 Å². The number of halogens is 4. The number of aryl methyl sites for hydroxylation is 8. The van der Waals surface area contributed by atoms with Gasteiger partial charge in [0, 0.05) is 22.7 Å². The SMILES string of the molecule is C1=C\CC/C=C\CC/1.COc1cc(P(c2cc(C)cc(C)c2)c2cc(C)cc(C)c2)c(-c2c(P(c3cc(C)cc(C)c3)c3cc(C)cc(C)c3)cc(OC)nc2OC)c(OC)n1.F[B-](F)(F)F.[Rh+]. The summed E-state index contributed by atoms with van der Waals surface area (Å²) in [5, 5.41) is 6.94. The molecule has 1 aliphatic carbocycles. The molecule has 14 heteroatoms. The molecule has 0 saturated heterocycles. The van der Waals surface area contributed by atoms with Crippen LogP contribution in [0.15, 0.2) is 109 Å². The smallest absolute Gasteiger partial charge is 0.481 e. The number of aromatic nitrogens is 2. The Morgan fingerprint density at radius 2 is 0.603 bits per heavy atom. The minimum absolute atomic E-state index is 0. The fourth-order valence-electron chi connectivity index (χ4n) is 8.33. The summed E-state index contributed by atoms with van der Waals surface area (Å²) in [6.07, 6.45) is 14.0. The number of ether oxygens (including phenoxy) is 4. The van der Waals surface area contributed by atoms with Crippen LogP contribution in [0.5, 0.6) is 23.5 Å². The number of pyridine rings is 2. The third-order valence-corrected chi connectivity index (χ3v) is 15.4. The number of allylic oxidation sites excluding steroid dienone is 4. The van der Waals surface area contributed by atoms with E-state index in [0.29, 0.717) is 23.5 Å². The number of methoxy groups -OCH3 is 4. The molecule has 68 heavy (non-hydrogen) atoms. The first-order chi connectivity index (χ1) is 31.8. The first-order valence-corrected chi connectivity index (χ1v) is 24.9. The largest absolute Gasteiger partial charge is 1.00 e. The molecule has 6 aromatic rings. The molecule has 4 aromatic carbocycles. The predicted octanol–water partition coefficient (Wildman–Crippen LogP) is 12.1. The van der Waals surface area contributed by atoms with Gasteiger partial charge >= 0.3 is 26.7 Å². The standard InChI is InChI=1S/C46H50N2O4P2.C8H12.BF4.Rh/c1-27-13-28(2)18-35(17-27)53(36-19-29(3)14-30(4)20-36)39-25-41(49-9)47-45(51-11)43(39)44-40(26-42(50-10)48-46(44)52-12)54(37-21-31(5)15-32(6)22-37)38-23-33(7)16-34(8)24-38;1-2-4-6-8-7-5-3-1;2-1(3,4)5;/h13-26H,1-12H3;1-2,7-8H,3-6H2;;/q;;-1;+1/b;2-1-,8-7-;;. The molecular weight excluding hydrogens is 992 g/mol. The first kappa shape index (κ1) is 55.7. The van der Waals surface area contributed by atoms with Crippen molar-refractivity contribution in [3.8, 4) is 34.6 Å². The molecule has 1 aliphatic rings. The molecule has 0 radical (unpaired) electrons. The van der Waals surface area contributed by atoms with Gasteiger partial charge in [0.1, 0.15) is 0 Å². The van der Waals surface area contributed by atoms with Crippen molar-refractivity contribution in [3.63, 3.8) is 0 Å². The maximum Gasteiger partial charge on any atom is 1.00 e. The van der Waals surface area contributed by atoms with Gasteiger partial charge in [0.2, 0.25) is 23.5 Å². The summed E-state index contributed by atoms with van der Waals surface area (Å²) in [7, 11) is -1.74. The zero-order valence-corrected chi connectivity index (χ0v) is 44.5. The molecule has 0 saturated carbocycles. The fraction of sp³-hybridized carbons (Fsp3) is 0.296. The molecule has 0 atom stereocenters. The van der Waals surface area contributed by atoms with Crippen LogP contribution in [0.1, 0.15) is 70.2 Å². The zero-order valence-electron chi connectivity index (χ0n) is 41.1. The van der Waals surface area contributed by atoms with Crippen molar-refractivity contribution in [1.82, 2.24) is 9.97 Å². The van der Waals surface area contributed by atoms with Crippen molar-refractivity contribution in [2.45, 2.75) is 81.1 Å². The van der Waals surface area contributed by atoms with Crippen LogP contribution in [-0.4, -0.2) is 45.7 Å². The maximum atomic E-state index is 9.75. The molecule has 0 amide bonds. The summed E-state index contributed by atoms with van der Waals surface area (Å²) in [5.74, 6) is 1.82. The summed E-state index contributed by atoms with van der Waals surface area (Å²) >= 11 is 0. The third kappa shape index (κ3) is 15.6. The van der Waals surface area contributed by atoms with Crippen molar-refractivity contribution < 1.29 is 55.7 Å². The van der Waals surface area contributed by atoms with E-state index in [1.807, 2.05) is 0 Å². The Morgan fingerprint density at radius 1 is 0.382 bits per heavy atom. The van der Waals surface area contributed by atoms with E-state index in [9.17, 15) is 17.3 Å². The number of hydrogen-bond donors (Lipinski definition) is 0. The monoisotopic (exact) mass is 1050 g/mol. The van der Waals surface area contributed by atoms with E-state index >= 15 is 0 Å². The van der Waals surface area contributed by atoms with Gasteiger partial charge in [-0.15, -0.1) is 0 Å². The quantitative estimate of drug-likeness (QED) is 0.0558. The molecule has 0 unspecified atom stereocenters. The number of rotatable bonds is 11. The van der Waals surface area contributed by atoms with Crippen molar-refractivity contribution in [2.75, 3.05) is 28.4 Å². The van der Waals surface area contributed by atoms with E-state index in [1.165, 1.54) is 91.4 Å². The number of hydrogen-bond acceptors (Lipinski definition) is 6. The Hall–Kier alpha value is -4.87. The van der Waals surface area contributed by atoms with E-state index in [-0.39, 0.29) is 19.5 Å². The van der Waals surface area contributed by atoms with Crippen molar-refractivity contribution in [3.05, 3.63) is 154 Å². The van der Waals surface area contributed by atoms with Crippen LogP contribution in [0.2, 0.25) is 0 Å². The summed E-state index contributed by atoms with van der Waals surface area (Å²) < 4.78 is 63.4. The molecular formula is C54H62BF4N2O4P2Rh. The minimum Gasteiger partial charge on any atom is -0.481 e. The second-order valence-corrected chi connectivity index (χ2v) is 21.2. The Balaban J connectivity index is 0.000000626. The molecule has 0 fully saturated rings. The van der Waals surface area contributed by atoms with Gasteiger partial charge < -0.3 is 36.2 Å². The van der Waals surface area contributed by atoms with Gasteiger partial charge in [-0.2, -0.15) is 9.97 Å². The molecule has 2 aromatic heterocycles. The molecule has 362 valence electrons.